The number of nitrogens with one attached hydrogen (secondary N) is 1. The second kappa shape index (κ2) is 7.55. The Morgan fingerprint density at radius 3 is 2.89 bits per heavy atom. The summed E-state index contributed by atoms with van der Waals surface area (Å²) in [7, 11) is 1.70. The molecular formula is C21H20ClN3O2. The molecule has 3 aromatic rings. The van der Waals surface area contributed by atoms with E-state index in [0.717, 1.165) is 30.8 Å². The molecule has 0 spiro atoms. The van der Waals surface area contributed by atoms with E-state index in [2.05, 4.69) is 27.0 Å². The molecule has 1 aliphatic rings. The number of hydrogen-bond donors (Lipinski definition) is 1. The molecule has 1 aliphatic heterocycles. The smallest absolute Gasteiger partial charge is 0.258 e. The zero-order chi connectivity index (χ0) is 18.8. The van der Waals surface area contributed by atoms with E-state index in [9.17, 15) is 4.79 Å². The highest BCUT2D eigenvalue weighted by Crippen LogP contribution is 2.30. The second-order valence-electron chi connectivity index (χ2n) is 6.59. The number of rotatable bonds is 4. The number of nitrogens with zero attached hydrogens (tertiary/aromatic N) is 2. The van der Waals surface area contributed by atoms with E-state index < -0.39 is 0 Å². The molecule has 0 amide bonds. The van der Waals surface area contributed by atoms with Gasteiger partial charge < -0.3 is 9.72 Å². The van der Waals surface area contributed by atoms with Gasteiger partial charge in [-0.2, -0.15) is 0 Å². The van der Waals surface area contributed by atoms with Crippen LogP contribution in [0.3, 0.4) is 0 Å². The number of aromatic amines is 1. The minimum absolute atomic E-state index is 0.131. The van der Waals surface area contributed by atoms with Gasteiger partial charge in [-0.15, -0.1) is 0 Å². The van der Waals surface area contributed by atoms with Gasteiger partial charge in [0.25, 0.3) is 5.56 Å². The van der Waals surface area contributed by atoms with Crippen molar-refractivity contribution in [3.8, 4) is 5.75 Å². The molecule has 0 aliphatic carbocycles. The summed E-state index contributed by atoms with van der Waals surface area (Å²) >= 11 is 6.03. The van der Waals surface area contributed by atoms with Crippen molar-refractivity contribution < 1.29 is 4.74 Å². The third-order valence-electron chi connectivity index (χ3n) is 4.84. The predicted octanol–water partition coefficient (Wildman–Crippen LogP) is 3.87. The molecule has 0 saturated carbocycles. The number of fused-ring (bicyclic) bond motifs is 1. The van der Waals surface area contributed by atoms with E-state index in [4.69, 9.17) is 16.3 Å². The molecule has 0 unspecified atom stereocenters. The minimum Gasteiger partial charge on any atom is -0.496 e. The van der Waals surface area contributed by atoms with Gasteiger partial charge in [-0.05, 0) is 36.3 Å². The maximum Gasteiger partial charge on any atom is 0.258 e. The lowest BCUT2D eigenvalue weighted by atomic mass is 9.98. The van der Waals surface area contributed by atoms with E-state index in [1.807, 2.05) is 18.2 Å². The molecule has 0 atom stereocenters. The molecule has 1 N–H and O–H groups in total. The number of H-pyrrole nitrogens is 1. The van der Waals surface area contributed by atoms with E-state index >= 15 is 0 Å². The lowest BCUT2D eigenvalue weighted by molar-refractivity contribution is 0.286. The van der Waals surface area contributed by atoms with Crippen molar-refractivity contribution in [2.45, 2.75) is 13.0 Å². The zero-order valence-corrected chi connectivity index (χ0v) is 15.8. The van der Waals surface area contributed by atoms with E-state index in [-0.39, 0.29) is 5.56 Å². The minimum atomic E-state index is -0.131. The van der Waals surface area contributed by atoms with E-state index in [1.165, 1.54) is 5.57 Å². The lowest BCUT2D eigenvalue weighted by Gasteiger charge is -2.26. The first-order chi connectivity index (χ1) is 13.1. The van der Waals surface area contributed by atoms with Crippen LogP contribution in [0.2, 0.25) is 5.02 Å². The van der Waals surface area contributed by atoms with Crippen molar-refractivity contribution >= 4 is 28.1 Å². The Morgan fingerprint density at radius 1 is 1.26 bits per heavy atom. The molecule has 138 valence electrons. The van der Waals surface area contributed by atoms with Gasteiger partial charge in [-0.3, -0.25) is 9.69 Å². The van der Waals surface area contributed by atoms with Gasteiger partial charge >= 0.3 is 0 Å². The number of halogens is 1. The van der Waals surface area contributed by atoms with E-state index in [1.54, 1.807) is 25.3 Å². The molecule has 4 rings (SSSR count). The van der Waals surface area contributed by atoms with E-state index in [0.29, 0.717) is 28.3 Å². The maximum atomic E-state index is 12.3. The molecule has 5 nitrogen and oxygen atoms in total. The van der Waals surface area contributed by atoms with Crippen LogP contribution >= 0.6 is 11.6 Å². The predicted molar refractivity (Wildman–Crippen MR) is 108 cm³/mol. The van der Waals surface area contributed by atoms with Gasteiger partial charge in [0.05, 0.1) is 24.6 Å². The van der Waals surface area contributed by atoms with Gasteiger partial charge in [0.1, 0.15) is 11.6 Å². The highest BCUT2D eigenvalue weighted by molar-refractivity contribution is 6.31. The Hall–Kier alpha value is -2.63. The molecule has 27 heavy (non-hydrogen) atoms. The maximum absolute atomic E-state index is 12.3. The van der Waals surface area contributed by atoms with Crippen LogP contribution in [0.1, 0.15) is 17.8 Å². The molecule has 0 saturated heterocycles. The Kier molecular flexibility index (Phi) is 4.97. The second-order valence-corrected chi connectivity index (χ2v) is 7.03. The summed E-state index contributed by atoms with van der Waals surface area (Å²) in [5, 5.41) is 1.13. The quantitative estimate of drug-likeness (QED) is 0.745. The van der Waals surface area contributed by atoms with Crippen molar-refractivity contribution in [1.82, 2.24) is 14.9 Å². The monoisotopic (exact) mass is 381 g/mol. The zero-order valence-electron chi connectivity index (χ0n) is 15.0. The standard InChI is InChI=1S/C21H20ClN3O2/c1-27-19-5-3-2-4-16(19)14-8-10-25(11-9-14)13-20-23-18-12-15(22)6-7-17(18)21(26)24-20/h2-8,12H,9-11,13H2,1H3,(H,23,24,26). The van der Waals surface area contributed by atoms with Crippen molar-refractivity contribution in [3.05, 3.63) is 75.3 Å². The number of ether oxygens (including phenoxy) is 1. The number of hydrogen-bond acceptors (Lipinski definition) is 4. The SMILES string of the molecule is COc1ccccc1C1=CCN(Cc2nc3cc(Cl)ccc3c(=O)[nH]2)CC1. The van der Waals surface area contributed by atoms with Gasteiger partial charge in [0.15, 0.2) is 0 Å². The van der Waals surface area contributed by atoms with Crippen molar-refractivity contribution in [3.63, 3.8) is 0 Å². The lowest BCUT2D eigenvalue weighted by Crippen LogP contribution is -2.30. The van der Waals surface area contributed by atoms with Crippen LogP contribution in [0.4, 0.5) is 0 Å². The molecule has 0 fully saturated rings. The number of para-hydroxylation sites is 1. The van der Waals surface area contributed by atoms with Crippen LogP contribution in [0, 0.1) is 0 Å². The van der Waals surface area contributed by atoms with Crippen molar-refractivity contribution in [2.24, 2.45) is 0 Å². The van der Waals surface area contributed by atoms with Crippen LogP contribution in [0.5, 0.6) is 5.75 Å². The average molecular weight is 382 g/mol. The highest BCUT2D eigenvalue weighted by Gasteiger charge is 2.17. The van der Waals surface area contributed by atoms with Crippen LogP contribution in [-0.4, -0.2) is 35.1 Å². The molecule has 2 heterocycles. The summed E-state index contributed by atoms with van der Waals surface area (Å²) in [6, 6.07) is 13.2. The third-order valence-corrected chi connectivity index (χ3v) is 5.07. The normalized spacial score (nSPS) is 15.0. The summed E-state index contributed by atoms with van der Waals surface area (Å²) in [6.45, 7) is 2.28. The summed E-state index contributed by atoms with van der Waals surface area (Å²) in [4.78, 5) is 22.0. The first-order valence-corrected chi connectivity index (χ1v) is 9.25. The first kappa shape index (κ1) is 17.8. The first-order valence-electron chi connectivity index (χ1n) is 8.87. The summed E-state index contributed by atoms with van der Waals surface area (Å²) in [5.74, 6) is 1.55. The fourth-order valence-electron chi connectivity index (χ4n) is 3.46. The number of methoxy groups -OCH3 is 1. The Balaban J connectivity index is 1.53. The van der Waals surface area contributed by atoms with Gasteiger partial charge in [-0.1, -0.05) is 35.9 Å². The molecule has 2 aromatic carbocycles. The Bertz CT molecular complexity index is 1070. The van der Waals surface area contributed by atoms with Crippen LogP contribution < -0.4 is 10.3 Å². The summed E-state index contributed by atoms with van der Waals surface area (Å²) in [6.07, 6.45) is 3.14. The third kappa shape index (κ3) is 3.75. The molecule has 0 radical (unpaired) electrons. The molecule has 0 bridgehead atoms. The molecule has 6 heteroatoms. The fourth-order valence-corrected chi connectivity index (χ4v) is 3.62. The topological polar surface area (TPSA) is 58.2 Å². The Labute approximate surface area is 162 Å². The van der Waals surface area contributed by atoms with Crippen LogP contribution in [-0.2, 0) is 6.54 Å². The number of aromatic nitrogens is 2. The molecule has 1 aromatic heterocycles. The van der Waals surface area contributed by atoms with Gasteiger partial charge in [0.2, 0.25) is 0 Å². The van der Waals surface area contributed by atoms with Gasteiger partial charge in [-0.25, -0.2) is 4.98 Å². The average Bonchev–Trinajstić information content (AvgIpc) is 2.68. The highest BCUT2D eigenvalue weighted by atomic mass is 35.5. The number of benzene rings is 2. The largest absolute Gasteiger partial charge is 0.496 e. The van der Waals surface area contributed by atoms with Crippen LogP contribution in [0.25, 0.3) is 16.5 Å². The van der Waals surface area contributed by atoms with Crippen LogP contribution in [0.15, 0.2) is 53.3 Å². The fraction of sp³-hybridized carbons (Fsp3) is 0.238. The van der Waals surface area contributed by atoms with Crippen molar-refractivity contribution in [2.75, 3.05) is 20.2 Å². The molecular weight excluding hydrogens is 362 g/mol. The van der Waals surface area contributed by atoms with Crippen molar-refractivity contribution in [1.29, 1.82) is 0 Å². The Morgan fingerprint density at radius 2 is 2.11 bits per heavy atom. The van der Waals surface area contributed by atoms with Gasteiger partial charge in [0, 0.05) is 23.7 Å². The summed E-state index contributed by atoms with van der Waals surface area (Å²) in [5.41, 5.74) is 2.93. The summed E-state index contributed by atoms with van der Waals surface area (Å²) < 4.78 is 5.47.